The number of urea groups is 1. The average Bonchev–Trinajstić information content (AvgIpc) is 2.25. The lowest BCUT2D eigenvalue weighted by molar-refractivity contribution is -0.137. The molecule has 0 aliphatic heterocycles. The number of carboxylic acids is 1. The number of amides is 4. The van der Waals surface area contributed by atoms with Crippen LogP contribution in [0, 0.1) is 5.41 Å². The van der Waals surface area contributed by atoms with Crippen molar-refractivity contribution in [2.24, 2.45) is 11.1 Å². The maximum Gasteiger partial charge on any atom is 0.321 e. The molecule has 0 aromatic carbocycles. The van der Waals surface area contributed by atoms with E-state index in [0.717, 1.165) is 0 Å². The van der Waals surface area contributed by atoms with Gasteiger partial charge in [-0.1, -0.05) is 0 Å². The first-order valence-corrected chi connectivity index (χ1v) is 5.74. The molecule has 0 saturated carbocycles. The van der Waals surface area contributed by atoms with Gasteiger partial charge in [-0.05, 0) is 20.3 Å². The fourth-order valence-electron chi connectivity index (χ4n) is 1.02. The summed E-state index contributed by atoms with van der Waals surface area (Å²) in [5.41, 5.74) is 4.21. The Morgan fingerprint density at radius 3 is 2.21 bits per heavy atom. The molecule has 0 aromatic rings. The predicted molar refractivity (Wildman–Crippen MR) is 66.0 cm³/mol. The minimum atomic E-state index is -1.000. The lowest BCUT2D eigenvalue weighted by atomic mass is 9.93. The number of hydrogen-bond donors (Lipinski definition) is 4. The molecule has 4 amide bonds. The van der Waals surface area contributed by atoms with Crippen LogP contribution in [-0.2, 0) is 14.4 Å². The van der Waals surface area contributed by atoms with Gasteiger partial charge in [0.25, 0.3) is 0 Å². The maximum absolute atomic E-state index is 11.3. The Morgan fingerprint density at radius 1 is 1.16 bits per heavy atom. The molecule has 0 heterocycles. The Morgan fingerprint density at radius 2 is 1.74 bits per heavy atom. The molecule has 8 heteroatoms. The highest BCUT2D eigenvalue weighted by Gasteiger charge is 2.25. The molecule has 19 heavy (non-hydrogen) atoms. The molecular weight excluding hydrogens is 254 g/mol. The van der Waals surface area contributed by atoms with Gasteiger partial charge in [-0.2, -0.15) is 0 Å². The van der Waals surface area contributed by atoms with Crippen molar-refractivity contribution >= 4 is 23.8 Å². The Balaban J connectivity index is 3.95. The van der Waals surface area contributed by atoms with Crippen LogP contribution in [0.4, 0.5) is 4.79 Å². The molecule has 0 atom stereocenters. The van der Waals surface area contributed by atoms with E-state index in [4.69, 9.17) is 10.8 Å². The van der Waals surface area contributed by atoms with Crippen molar-refractivity contribution in [2.45, 2.75) is 33.1 Å². The summed E-state index contributed by atoms with van der Waals surface area (Å²) in [6, 6.07) is -0.741. The van der Waals surface area contributed by atoms with E-state index in [9.17, 15) is 19.2 Å². The predicted octanol–water partition coefficient (Wildman–Crippen LogP) is -0.421. The van der Waals surface area contributed by atoms with E-state index in [1.54, 1.807) is 13.8 Å². The van der Waals surface area contributed by atoms with Gasteiger partial charge in [0.2, 0.25) is 11.8 Å². The zero-order chi connectivity index (χ0) is 15.1. The van der Waals surface area contributed by atoms with Crippen LogP contribution in [0.1, 0.15) is 33.1 Å². The molecule has 0 aliphatic carbocycles. The summed E-state index contributed by atoms with van der Waals surface area (Å²) >= 11 is 0. The highest BCUT2D eigenvalue weighted by Crippen LogP contribution is 2.11. The summed E-state index contributed by atoms with van der Waals surface area (Å²) in [5, 5.41) is 12.8. The summed E-state index contributed by atoms with van der Waals surface area (Å²) in [6.07, 6.45) is -0.0378. The SMILES string of the molecule is CC(C)(CNC(=O)NC(=O)CCCC(=O)O)C(N)=O. The first-order valence-electron chi connectivity index (χ1n) is 5.74. The summed E-state index contributed by atoms with van der Waals surface area (Å²) in [4.78, 5) is 43.8. The van der Waals surface area contributed by atoms with Crippen LogP contribution >= 0.6 is 0 Å². The van der Waals surface area contributed by atoms with Crippen LogP contribution < -0.4 is 16.4 Å². The van der Waals surface area contributed by atoms with E-state index in [-0.39, 0.29) is 25.8 Å². The Labute approximate surface area is 110 Å². The average molecular weight is 273 g/mol. The van der Waals surface area contributed by atoms with Gasteiger partial charge in [0.15, 0.2) is 0 Å². The van der Waals surface area contributed by atoms with Crippen LogP contribution in [0.15, 0.2) is 0 Å². The van der Waals surface area contributed by atoms with E-state index in [0.29, 0.717) is 0 Å². The lowest BCUT2D eigenvalue weighted by Gasteiger charge is -2.20. The number of nitrogens with one attached hydrogen (secondary N) is 2. The number of rotatable bonds is 7. The highest BCUT2D eigenvalue weighted by molar-refractivity contribution is 5.94. The van der Waals surface area contributed by atoms with Crippen LogP contribution in [-0.4, -0.2) is 35.5 Å². The molecule has 0 aromatic heterocycles. The number of imide groups is 1. The molecule has 8 nitrogen and oxygen atoms in total. The maximum atomic E-state index is 11.3. The van der Waals surface area contributed by atoms with Gasteiger partial charge in [-0.3, -0.25) is 19.7 Å². The van der Waals surface area contributed by atoms with Gasteiger partial charge in [0.1, 0.15) is 0 Å². The van der Waals surface area contributed by atoms with Crippen molar-refractivity contribution in [1.29, 1.82) is 0 Å². The Hall–Kier alpha value is -2.12. The lowest BCUT2D eigenvalue weighted by Crippen LogP contribution is -2.47. The van der Waals surface area contributed by atoms with E-state index >= 15 is 0 Å². The first-order chi connectivity index (χ1) is 8.65. The quantitative estimate of drug-likeness (QED) is 0.499. The fourth-order valence-corrected chi connectivity index (χ4v) is 1.02. The number of carboxylic acid groups (broad SMARTS) is 1. The van der Waals surface area contributed by atoms with Crippen LogP contribution in [0.2, 0.25) is 0 Å². The normalized spacial score (nSPS) is 10.6. The summed E-state index contributed by atoms with van der Waals surface area (Å²) < 4.78 is 0. The second-order valence-corrected chi connectivity index (χ2v) is 4.73. The second kappa shape index (κ2) is 7.34. The number of carbonyl (C=O) groups is 4. The topological polar surface area (TPSA) is 139 Å². The minimum Gasteiger partial charge on any atom is -0.481 e. The number of hydrogen-bond acceptors (Lipinski definition) is 4. The fraction of sp³-hybridized carbons (Fsp3) is 0.636. The molecule has 0 fully saturated rings. The second-order valence-electron chi connectivity index (χ2n) is 4.73. The molecule has 0 rings (SSSR count). The smallest absolute Gasteiger partial charge is 0.321 e. The number of primary amides is 1. The third kappa shape index (κ3) is 7.74. The largest absolute Gasteiger partial charge is 0.481 e. The first kappa shape index (κ1) is 16.9. The Bertz CT molecular complexity index is 379. The summed E-state index contributed by atoms with van der Waals surface area (Å²) in [7, 11) is 0. The minimum absolute atomic E-state index is 0.00340. The summed E-state index contributed by atoms with van der Waals surface area (Å²) in [6.45, 7) is 3.12. The number of aliphatic carboxylic acids is 1. The zero-order valence-corrected chi connectivity index (χ0v) is 11.0. The number of nitrogens with two attached hydrogens (primary N) is 1. The molecule has 108 valence electrons. The zero-order valence-electron chi connectivity index (χ0n) is 11.0. The molecule has 0 spiro atoms. The molecule has 5 N–H and O–H groups in total. The standard InChI is InChI=1S/C11H19N3O5/c1-11(2,9(12)18)6-13-10(19)14-7(15)4-3-5-8(16)17/h3-6H2,1-2H3,(H2,12,18)(H,16,17)(H2,13,14,15,19). The molecule has 0 bridgehead atoms. The van der Waals surface area contributed by atoms with E-state index in [1.807, 2.05) is 5.32 Å². The van der Waals surface area contributed by atoms with Gasteiger partial charge in [0, 0.05) is 19.4 Å². The van der Waals surface area contributed by atoms with Crippen molar-refractivity contribution < 1.29 is 24.3 Å². The van der Waals surface area contributed by atoms with Gasteiger partial charge in [-0.15, -0.1) is 0 Å². The Kier molecular flexibility index (Phi) is 6.53. The van der Waals surface area contributed by atoms with Gasteiger partial charge in [-0.25, -0.2) is 4.79 Å². The third-order valence-corrected chi connectivity index (χ3v) is 2.41. The molecule has 0 aliphatic rings. The molecule has 0 saturated heterocycles. The van der Waals surface area contributed by atoms with Crippen LogP contribution in [0.25, 0.3) is 0 Å². The van der Waals surface area contributed by atoms with Gasteiger partial charge < -0.3 is 16.2 Å². The highest BCUT2D eigenvalue weighted by atomic mass is 16.4. The van der Waals surface area contributed by atoms with Crippen molar-refractivity contribution in [2.75, 3.05) is 6.54 Å². The monoisotopic (exact) mass is 273 g/mol. The number of carbonyl (C=O) groups excluding carboxylic acids is 3. The van der Waals surface area contributed by atoms with Crippen molar-refractivity contribution in [3.8, 4) is 0 Å². The van der Waals surface area contributed by atoms with Crippen molar-refractivity contribution in [1.82, 2.24) is 10.6 Å². The molecular formula is C11H19N3O5. The molecule has 0 radical (unpaired) electrons. The van der Waals surface area contributed by atoms with Gasteiger partial charge >= 0.3 is 12.0 Å². The van der Waals surface area contributed by atoms with E-state index in [2.05, 4.69) is 5.32 Å². The van der Waals surface area contributed by atoms with E-state index in [1.165, 1.54) is 0 Å². The summed E-state index contributed by atoms with van der Waals surface area (Å²) in [5.74, 6) is -2.14. The van der Waals surface area contributed by atoms with Crippen molar-refractivity contribution in [3.63, 3.8) is 0 Å². The van der Waals surface area contributed by atoms with E-state index < -0.39 is 29.2 Å². The third-order valence-electron chi connectivity index (χ3n) is 2.41. The van der Waals surface area contributed by atoms with Crippen LogP contribution in [0.3, 0.4) is 0 Å². The van der Waals surface area contributed by atoms with Gasteiger partial charge in [0.05, 0.1) is 5.41 Å². The van der Waals surface area contributed by atoms with Crippen molar-refractivity contribution in [3.05, 3.63) is 0 Å². The van der Waals surface area contributed by atoms with Crippen LogP contribution in [0.5, 0.6) is 0 Å². The molecule has 0 unspecified atom stereocenters.